The van der Waals surface area contributed by atoms with Crippen molar-refractivity contribution in [1.29, 1.82) is 0 Å². The molecule has 0 unspecified atom stereocenters. The second-order valence-electron chi connectivity index (χ2n) is 18.0. The van der Waals surface area contributed by atoms with Crippen molar-refractivity contribution >= 4 is 97.1 Å². The Morgan fingerprint density at radius 1 is 0.343 bits per heavy atom. The highest BCUT2D eigenvalue weighted by Crippen LogP contribution is 2.44. The SMILES string of the molecule is [2H]c1c([2H])c([2H])c(-c2cccc3oc4ccc(-n5c6ccccc6c6cc(-c7ccc8c(c7)c7cc(-c9ccccc9)ccc7n8-c7ccc(-c8cccc9c8sc8ccccc89)cc7)ccc65)cc4c23)c([2H])c1[2H]. The largest absolute Gasteiger partial charge is 0.456 e. The van der Waals surface area contributed by atoms with Gasteiger partial charge in [0, 0.05) is 63.9 Å². The van der Waals surface area contributed by atoms with E-state index in [0.29, 0.717) is 22.1 Å². The molecule has 11 aromatic carbocycles. The molecule has 0 atom stereocenters. The molecule has 70 heavy (non-hydrogen) atoms. The number of para-hydroxylation sites is 1. The topological polar surface area (TPSA) is 23.0 Å². The van der Waals surface area contributed by atoms with Crippen LogP contribution in [0.4, 0.5) is 0 Å². The maximum Gasteiger partial charge on any atom is 0.136 e. The van der Waals surface area contributed by atoms with Gasteiger partial charge in [-0.05, 0) is 129 Å². The fraction of sp³-hybridized carbons (Fsp3) is 0. The van der Waals surface area contributed by atoms with Crippen molar-refractivity contribution in [2.75, 3.05) is 0 Å². The van der Waals surface area contributed by atoms with Crippen LogP contribution >= 0.6 is 11.3 Å². The van der Waals surface area contributed by atoms with Crippen LogP contribution in [0.15, 0.2) is 247 Å². The van der Waals surface area contributed by atoms with Gasteiger partial charge in [0.1, 0.15) is 11.2 Å². The normalized spacial score (nSPS) is 13.0. The van der Waals surface area contributed by atoms with Crippen molar-refractivity contribution in [3.63, 3.8) is 0 Å². The molecular formula is C66H40N2OS. The summed E-state index contributed by atoms with van der Waals surface area (Å²) in [6.45, 7) is 0. The van der Waals surface area contributed by atoms with Crippen LogP contribution in [0.5, 0.6) is 0 Å². The van der Waals surface area contributed by atoms with E-state index in [1.165, 1.54) is 53.2 Å². The van der Waals surface area contributed by atoms with Gasteiger partial charge in [-0.25, -0.2) is 0 Å². The summed E-state index contributed by atoms with van der Waals surface area (Å²) in [6.07, 6.45) is 0. The highest BCUT2D eigenvalue weighted by molar-refractivity contribution is 7.26. The average molecular weight is 914 g/mol. The van der Waals surface area contributed by atoms with Crippen LogP contribution in [0.25, 0.3) is 142 Å². The minimum atomic E-state index is -0.421. The number of nitrogens with zero attached hydrogens (tertiary/aromatic N) is 2. The first-order valence-corrected chi connectivity index (χ1v) is 24.3. The van der Waals surface area contributed by atoms with E-state index in [9.17, 15) is 0 Å². The molecule has 0 N–H and O–H groups in total. The Kier molecular flexibility index (Phi) is 7.50. The van der Waals surface area contributed by atoms with Crippen LogP contribution < -0.4 is 0 Å². The molecule has 0 aliphatic carbocycles. The van der Waals surface area contributed by atoms with E-state index in [1.54, 1.807) is 6.07 Å². The lowest BCUT2D eigenvalue weighted by Crippen LogP contribution is -1.94. The molecule has 0 aliphatic heterocycles. The Morgan fingerprint density at radius 3 is 1.67 bits per heavy atom. The van der Waals surface area contributed by atoms with Gasteiger partial charge in [-0.3, -0.25) is 0 Å². The van der Waals surface area contributed by atoms with Gasteiger partial charge in [-0.15, -0.1) is 11.3 Å². The Labute approximate surface area is 414 Å². The van der Waals surface area contributed by atoms with Gasteiger partial charge < -0.3 is 13.6 Å². The lowest BCUT2D eigenvalue weighted by Gasteiger charge is -2.11. The predicted octanol–water partition coefficient (Wildman–Crippen LogP) is 18.8. The third-order valence-electron chi connectivity index (χ3n) is 14.2. The first kappa shape index (κ1) is 34.3. The lowest BCUT2D eigenvalue weighted by atomic mass is 9.99. The maximum absolute atomic E-state index is 8.83. The Balaban J connectivity index is 0.869. The van der Waals surface area contributed by atoms with E-state index in [0.717, 1.165) is 60.7 Å². The third kappa shape index (κ3) is 5.94. The molecule has 15 aromatic rings. The van der Waals surface area contributed by atoms with Gasteiger partial charge in [-0.1, -0.05) is 158 Å². The number of hydrogen-bond acceptors (Lipinski definition) is 2. The van der Waals surface area contributed by atoms with Gasteiger partial charge in [0.15, 0.2) is 0 Å². The summed E-state index contributed by atoms with van der Waals surface area (Å²) in [4.78, 5) is 0. The molecule has 0 spiro atoms. The standard InChI is InChI=1S/C66H40N2OS/c1-3-13-41(14-4-1)44-27-33-60-55(37-44)56-39-46(29-35-61(56)67(60)47-30-25-43(26-31-47)50-20-11-21-53-52-18-8-10-24-64(52)70-66(50)53)45-28-34-59-54(38-45)51-17-7-9-22-58(51)68(59)48-32-36-62-57(40-48)65-49(19-12-23-63(65)69-62)42-15-5-2-6-16-42/h1-40H/i2D,5D,6D,15D,16D. The molecule has 3 nitrogen and oxygen atoms in total. The molecule has 15 rings (SSSR count). The average Bonchev–Trinajstić information content (AvgIpc) is 4.24. The van der Waals surface area contributed by atoms with Crippen molar-refractivity contribution in [2.45, 2.75) is 0 Å². The summed E-state index contributed by atoms with van der Waals surface area (Å²) >= 11 is 1.86. The maximum atomic E-state index is 8.83. The third-order valence-corrected chi connectivity index (χ3v) is 15.4. The Hall–Kier alpha value is -8.96. The smallest absolute Gasteiger partial charge is 0.136 e. The number of fused-ring (bicyclic) bond motifs is 12. The Morgan fingerprint density at radius 2 is 0.914 bits per heavy atom. The summed E-state index contributed by atoms with van der Waals surface area (Å²) in [5, 5.41) is 8.66. The first-order chi connectivity index (χ1) is 36.8. The zero-order valence-electron chi connectivity index (χ0n) is 42.4. The van der Waals surface area contributed by atoms with E-state index in [4.69, 9.17) is 11.3 Å². The number of aromatic nitrogens is 2. The second kappa shape index (κ2) is 15.3. The van der Waals surface area contributed by atoms with Crippen LogP contribution in [-0.2, 0) is 0 Å². The quantitative estimate of drug-likeness (QED) is 0.163. The molecule has 4 aromatic heterocycles. The minimum Gasteiger partial charge on any atom is -0.456 e. The van der Waals surface area contributed by atoms with Crippen LogP contribution in [0.1, 0.15) is 6.85 Å². The highest BCUT2D eigenvalue weighted by Gasteiger charge is 2.20. The summed E-state index contributed by atoms with van der Waals surface area (Å²) in [6, 6.07) is 73.8. The number of furan rings is 1. The first-order valence-electron chi connectivity index (χ1n) is 26.0. The molecule has 4 heterocycles. The van der Waals surface area contributed by atoms with E-state index in [2.05, 4.69) is 197 Å². The van der Waals surface area contributed by atoms with E-state index in [-0.39, 0.29) is 29.7 Å². The molecule has 0 saturated carbocycles. The molecule has 0 radical (unpaired) electrons. The van der Waals surface area contributed by atoms with E-state index in [1.807, 2.05) is 29.5 Å². The zero-order chi connectivity index (χ0) is 50.2. The van der Waals surface area contributed by atoms with Gasteiger partial charge >= 0.3 is 0 Å². The van der Waals surface area contributed by atoms with Gasteiger partial charge in [0.05, 0.1) is 28.9 Å². The lowest BCUT2D eigenvalue weighted by molar-refractivity contribution is 0.669. The summed E-state index contributed by atoms with van der Waals surface area (Å²) in [5.74, 6) is 0. The van der Waals surface area contributed by atoms with Crippen molar-refractivity contribution in [3.8, 4) is 55.9 Å². The van der Waals surface area contributed by atoms with Crippen molar-refractivity contribution in [3.05, 3.63) is 243 Å². The number of rotatable bonds is 6. The van der Waals surface area contributed by atoms with E-state index < -0.39 is 6.04 Å². The Bertz CT molecular complexity index is 4860. The summed E-state index contributed by atoms with van der Waals surface area (Å²) in [5.41, 5.74) is 15.3. The summed E-state index contributed by atoms with van der Waals surface area (Å²) in [7, 11) is 0. The number of benzene rings is 11. The molecule has 0 saturated heterocycles. The van der Waals surface area contributed by atoms with Gasteiger partial charge in [0.2, 0.25) is 0 Å². The van der Waals surface area contributed by atoms with Gasteiger partial charge in [-0.2, -0.15) is 0 Å². The van der Waals surface area contributed by atoms with Crippen LogP contribution in [0.3, 0.4) is 0 Å². The second-order valence-corrected chi connectivity index (χ2v) is 19.1. The van der Waals surface area contributed by atoms with Crippen molar-refractivity contribution in [1.82, 2.24) is 9.13 Å². The van der Waals surface area contributed by atoms with E-state index >= 15 is 0 Å². The monoisotopic (exact) mass is 913 g/mol. The molecule has 0 fully saturated rings. The molecule has 0 amide bonds. The van der Waals surface area contributed by atoms with Crippen LogP contribution in [0, 0.1) is 0 Å². The van der Waals surface area contributed by atoms with Gasteiger partial charge in [0.25, 0.3) is 0 Å². The summed E-state index contributed by atoms with van der Waals surface area (Å²) < 4.78 is 56.4. The van der Waals surface area contributed by atoms with Crippen molar-refractivity contribution in [2.24, 2.45) is 0 Å². The zero-order valence-corrected chi connectivity index (χ0v) is 38.2. The fourth-order valence-electron chi connectivity index (χ4n) is 11.0. The molecule has 0 bridgehead atoms. The molecule has 0 aliphatic rings. The molecule has 326 valence electrons. The van der Waals surface area contributed by atoms with Crippen molar-refractivity contribution < 1.29 is 11.3 Å². The molecular weight excluding hydrogens is 869 g/mol. The number of hydrogen-bond donors (Lipinski definition) is 0. The predicted molar refractivity (Wildman–Crippen MR) is 297 cm³/mol. The van der Waals surface area contributed by atoms with Crippen LogP contribution in [-0.4, -0.2) is 9.13 Å². The minimum absolute atomic E-state index is 0.148. The highest BCUT2D eigenvalue weighted by atomic mass is 32.1. The molecule has 4 heteroatoms. The van der Waals surface area contributed by atoms with Crippen LogP contribution in [0.2, 0.25) is 0 Å². The fourth-order valence-corrected chi connectivity index (χ4v) is 12.3. The number of thiophene rings is 1.